The number of benzene rings is 1. The van der Waals surface area contributed by atoms with Crippen molar-refractivity contribution in [1.29, 1.82) is 0 Å². The van der Waals surface area contributed by atoms with Crippen LogP contribution in [0.1, 0.15) is 31.4 Å². The third-order valence-corrected chi connectivity index (χ3v) is 5.11. The van der Waals surface area contributed by atoms with Gasteiger partial charge >= 0.3 is 12.1 Å². The number of alkyl halides is 3. The Morgan fingerprint density at radius 3 is 2.59 bits per heavy atom. The number of nitrogens with one attached hydrogen (secondary N) is 1. The number of nitrogens with two attached hydrogens (primary N) is 1. The van der Waals surface area contributed by atoms with Gasteiger partial charge in [0.1, 0.15) is 12.2 Å². The van der Waals surface area contributed by atoms with Crippen LogP contribution in [-0.2, 0) is 23.9 Å². The molecule has 1 aliphatic rings. The maximum absolute atomic E-state index is 13.2. The summed E-state index contributed by atoms with van der Waals surface area (Å²) in [4.78, 5) is 24.4. The van der Waals surface area contributed by atoms with E-state index in [-0.39, 0.29) is 28.9 Å². The molecule has 2 heterocycles. The summed E-state index contributed by atoms with van der Waals surface area (Å²) in [5, 5.41) is 12.4. The van der Waals surface area contributed by atoms with Gasteiger partial charge < -0.3 is 16.2 Å². The second-order valence-corrected chi connectivity index (χ2v) is 7.59. The fourth-order valence-corrected chi connectivity index (χ4v) is 3.61. The Morgan fingerprint density at radius 2 is 2.00 bits per heavy atom. The van der Waals surface area contributed by atoms with Crippen molar-refractivity contribution < 1.29 is 23.1 Å². The van der Waals surface area contributed by atoms with Crippen LogP contribution in [0.5, 0.6) is 0 Å². The zero-order valence-electron chi connectivity index (χ0n) is 16.0. The van der Waals surface area contributed by atoms with E-state index >= 15 is 0 Å². The molecule has 0 radical (unpaired) electrons. The van der Waals surface area contributed by atoms with Gasteiger partial charge in [-0.3, -0.25) is 14.2 Å². The molecule has 9 heteroatoms. The first-order chi connectivity index (χ1) is 13.5. The monoisotopic (exact) mass is 409 g/mol. The van der Waals surface area contributed by atoms with Crippen LogP contribution in [0.3, 0.4) is 0 Å². The molecule has 4 N–H and O–H groups in total. The molecule has 0 aliphatic carbocycles. The molecule has 6 nitrogen and oxygen atoms in total. The van der Waals surface area contributed by atoms with E-state index in [9.17, 15) is 27.9 Å². The number of aliphatic carboxylic acids is 1. The Balaban J connectivity index is 2.22. The lowest BCUT2D eigenvalue weighted by Gasteiger charge is -2.30. The van der Waals surface area contributed by atoms with Gasteiger partial charge in [-0.05, 0) is 48.6 Å². The van der Waals surface area contributed by atoms with Crippen LogP contribution in [0, 0.1) is 5.92 Å². The van der Waals surface area contributed by atoms with E-state index in [2.05, 4.69) is 5.32 Å². The molecular formula is C20H22F3N3O3. The number of fused-ring (bicyclic) bond motifs is 1. The van der Waals surface area contributed by atoms with E-state index in [1.807, 2.05) is 13.8 Å². The van der Waals surface area contributed by atoms with Crippen molar-refractivity contribution in [3.8, 4) is 11.3 Å². The molecule has 0 bridgehead atoms. The van der Waals surface area contributed by atoms with Gasteiger partial charge in [0.05, 0.1) is 11.3 Å². The molecule has 1 atom stereocenters. The molecular weight excluding hydrogens is 387 g/mol. The maximum Gasteiger partial charge on any atom is 0.416 e. The molecule has 3 rings (SSSR count). The van der Waals surface area contributed by atoms with Crippen LogP contribution in [-0.4, -0.2) is 21.7 Å². The first-order valence-corrected chi connectivity index (χ1v) is 9.20. The lowest BCUT2D eigenvalue weighted by Crippen LogP contribution is -2.37. The number of aromatic nitrogens is 1. The van der Waals surface area contributed by atoms with E-state index < -0.39 is 29.8 Å². The maximum atomic E-state index is 13.2. The number of hydrogen-bond donors (Lipinski definition) is 3. The number of aryl methyl sites for hydroxylation is 1. The van der Waals surface area contributed by atoms with Gasteiger partial charge in [0.15, 0.2) is 0 Å². The Kier molecular flexibility index (Phi) is 5.34. The number of anilines is 2. The minimum absolute atomic E-state index is 0.0458. The van der Waals surface area contributed by atoms with Gasteiger partial charge in [-0.15, -0.1) is 0 Å². The van der Waals surface area contributed by atoms with Gasteiger partial charge in [-0.1, -0.05) is 13.8 Å². The van der Waals surface area contributed by atoms with Crippen molar-refractivity contribution in [2.24, 2.45) is 5.92 Å². The van der Waals surface area contributed by atoms with Crippen molar-refractivity contribution in [1.82, 2.24) is 4.57 Å². The first-order valence-electron chi connectivity index (χ1n) is 9.20. The van der Waals surface area contributed by atoms with Crippen LogP contribution < -0.4 is 16.6 Å². The Bertz CT molecular complexity index is 1010. The average molecular weight is 409 g/mol. The van der Waals surface area contributed by atoms with E-state index in [4.69, 9.17) is 5.73 Å². The number of carboxylic acid groups (broad SMARTS) is 1. The molecule has 0 fully saturated rings. The molecule has 1 aromatic heterocycles. The third kappa shape index (κ3) is 4.23. The van der Waals surface area contributed by atoms with E-state index in [1.54, 1.807) is 6.07 Å². The van der Waals surface area contributed by atoms with Crippen LogP contribution in [0.15, 0.2) is 29.1 Å². The summed E-state index contributed by atoms with van der Waals surface area (Å²) < 4.78 is 40.6. The zero-order chi connectivity index (χ0) is 21.5. The van der Waals surface area contributed by atoms with Crippen molar-refractivity contribution in [2.45, 2.75) is 45.5 Å². The minimum Gasteiger partial charge on any atom is -0.480 e. The summed E-state index contributed by atoms with van der Waals surface area (Å²) in [6, 6.07) is 4.63. The average Bonchev–Trinajstić information content (AvgIpc) is 2.62. The molecule has 1 aromatic carbocycles. The predicted octanol–water partition coefficient (Wildman–Crippen LogP) is 3.58. The fourth-order valence-electron chi connectivity index (χ4n) is 3.61. The summed E-state index contributed by atoms with van der Waals surface area (Å²) in [5.41, 5.74) is 5.10. The summed E-state index contributed by atoms with van der Waals surface area (Å²) >= 11 is 0. The summed E-state index contributed by atoms with van der Waals surface area (Å²) in [7, 11) is 0. The molecule has 156 valence electrons. The third-order valence-electron chi connectivity index (χ3n) is 5.11. The van der Waals surface area contributed by atoms with Gasteiger partial charge in [0.2, 0.25) is 0 Å². The number of halogens is 3. The highest BCUT2D eigenvalue weighted by molar-refractivity contribution is 5.73. The van der Waals surface area contributed by atoms with Crippen LogP contribution >= 0.6 is 0 Å². The summed E-state index contributed by atoms with van der Waals surface area (Å²) in [6.45, 7) is 3.35. The smallest absolute Gasteiger partial charge is 0.416 e. The molecule has 0 spiro atoms. The molecule has 0 saturated carbocycles. The Hall–Kier alpha value is -2.97. The van der Waals surface area contributed by atoms with Crippen LogP contribution in [0.25, 0.3) is 11.3 Å². The molecule has 1 aliphatic heterocycles. The largest absolute Gasteiger partial charge is 0.480 e. The Labute approximate surface area is 165 Å². The first kappa shape index (κ1) is 20.8. The lowest BCUT2D eigenvalue weighted by molar-refractivity contribution is -0.138. The highest BCUT2D eigenvalue weighted by Crippen LogP contribution is 2.35. The highest BCUT2D eigenvalue weighted by Gasteiger charge is 2.32. The van der Waals surface area contributed by atoms with Gasteiger partial charge in [0.25, 0.3) is 5.56 Å². The van der Waals surface area contributed by atoms with Crippen LogP contribution in [0.4, 0.5) is 24.5 Å². The second-order valence-electron chi connectivity index (χ2n) is 7.59. The van der Waals surface area contributed by atoms with Crippen molar-refractivity contribution in [3.63, 3.8) is 0 Å². The number of carboxylic acids is 1. The zero-order valence-corrected chi connectivity index (χ0v) is 16.0. The molecule has 29 heavy (non-hydrogen) atoms. The van der Waals surface area contributed by atoms with Crippen molar-refractivity contribution >= 4 is 17.3 Å². The number of rotatable bonds is 4. The normalized spacial score (nSPS) is 16.4. The standard InChI is InChI=1S/C20H22F3N3O3/c1-10(2)15-4-3-11-7-16(26(9-17(27)28)19(29)18(11)25-15)12-5-13(20(21,22)23)8-14(24)6-12/h5-8,10,15,25H,3-4,9,24H2,1-2H3,(H,27,28). The van der Waals surface area contributed by atoms with Crippen molar-refractivity contribution in [2.75, 3.05) is 11.1 Å². The van der Waals surface area contributed by atoms with Gasteiger partial charge in [0, 0.05) is 17.3 Å². The summed E-state index contributed by atoms with van der Waals surface area (Å²) in [6.07, 6.45) is -3.30. The van der Waals surface area contributed by atoms with Crippen LogP contribution in [0.2, 0.25) is 0 Å². The quantitative estimate of drug-likeness (QED) is 0.671. The van der Waals surface area contributed by atoms with E-state index in [0.717, 1.165) is 23.1 Å². The SMILES string of the molecule is CC(C)C1CCc2cc(-c3cc(N)cc(C(F)(F)F)c3)n(CC(=O)O)c(=O)c2N1. The molecule has 1 unspecified atom stereocenters. The number of hydrogen-bond acceptors (Lipinski definition) is 4. The number of nitrogens with zero attached hydrogens (tertiary/aromatic N) is 1. The van der Waals surface area contributed by atoms with Gasteiger partial charge in [-0.2, -0.15) is 13.2 Å². The number of carbonyl (C=O) groups is 1. The lowest BCUT2D eigenvalue weighted by atomic mass is 9.91. The fraction of sp³-hybridized carbons (Fsp3) is 0.400. The van der Waals surface area contributed by atoms with Gasteiger partial charge in [-0.25, -0.2) is 0 Å². The predicted molar refractivity (Wildman–Crippen MR) is 104 cm³/mol. The highest BCUT2D eigenvalue weighted by atomic mass is 19.4. The topological polar surface area (TPSA) is 97.3 Å². The number of pyridine rings is 1. The molecule has 2 aromatic rings. The Morgan fingerprint density at radius 1 is 1.31 bits per heavy atom. The second kappa shape index (κ2) is 7.46. The van der Waals surface area contributed by atoms with E-state index in [0.29, 0.717) is 17.7 Å². The minimum atomic E-state index is -4.62. The van der Waals surface area contributed by atoms with E-state index in [1.165, 1.54) is 6.07 Å². The molecule has 0 amide bonds. The molecule has 0 saturated heterocycles. The number of nitrogen functional groups attached to an aromatic ring is 1. The van der Waals surface area contributed by atoms with Crippen molar-refractivity contribution in [3.05, 3.63) is 45.7 Å². The summed E-state index contributed by atoms with van der Waals surface area (Å²) in [5.74, 6) is -1.01.